The number of rotatable bonds is 5. The molecule has 0 spiro atoms. The summed E-state index contributed by atoms with van der Waals surface area (Å²) in [4.78, 5) is 40.3. The highest BCUT2D eigenvalue weighted by Gasteiger charge is 2.12. The summed E-state index contributed by atoms with van der Waals surface area (Å²) in [5.74, 6) is -0.207. The highest BCUT2D eigenvalue weighted by molar-refractivity contribution is 5.91. The Morgan fingerprint density at radius 3 is 2.38 bits per heavy atom. The zero-order chi connectivity index (χ0) is 21.0. The summed E-state index contributed by atoms with van der Waals surface area (Å²) in [5.41, 5.74) is 1.75. The number of piperidine rings is 1. The minimum atomic E-state index is -0.423. The van der Waals surface area contributed by atoms with E-state index in [0.717, 1.165) is 23.2 Å². The van der Waals surface area contributed by atoms with Gasteiger partial charge in [-0.05, 0) is 43.0 Å². The summed E-state index contributed by atoms with van der Waals surface area (Å²) in [6.45, 7) is 2.69. The lowest BCUT2D eigenvalue weighted by Crippen LogP contribution is -2.37. The number of benzene rings is 1. The largest absolute Gasteiger partial charge is 0.372 e. The molecule has 2 heterocycles. The lowest BCUT2D eigenvalue weighted by Gasteiger charge is -2.29. The number of anilines is 1. The molecule has 2 aromatic rings. The van der Waals surface area contributed by atoms with Gasteiger partial charge in [0.25, 0.3) is 5.56 Å². The summed E-state index contributed by atoms with van der Waals surface area (Å²) in [5, 5.41) is 0. The van der Waals surface area contributed by atoms with Crippen molar-refractivity contribution in [3.63, 3.8) is 0 Å². The van der Waals surface area contributed by atoms with Gasteiger partial charge in [-0.3, -0.25) is 14.2 Å². The van der Waals surface area contributed by atoms with Gasteiger partial charge in [0.05, 0.1) is 5.56 Å². The number of likely N-dealkylation sites (N-methyl/N-ethyl adjacent to an activating group) is 1. The van der Waals surface area contributed by atoms with Crippen LogP contribution in [0.5, 0.6) is 0 Å². The van der Waals surface area contributed by atoms with Crippen LogP contribution in [0, 0.1) is 0 Å². The quantitative estimate of drug-likeness (QED) is 0.722. The summed E-state index contributed by atoms with van der Waals surface area (Å²) >= 11 is 0. The van der Waals surface area contributed by atoms with Gasteiger partial charge in [0.1, 0.15) is 0 Å². The normalized spacial score (nSPS) is 14.4. The first-order valence-corrected chi connectivity index (χ1v) is 9.90. The summed E-state index contributed by atoms with van der Waals surface area (Å²) in [7, 11) is 4.72. The molecule has 0 bridgehead atoms. The first kappa shape index (κ1) is 20.6. The van der Waals surface area contributed by atoms with E-state index in [1.807, 2.05) is 0 Å². The van der Waals surface area contributed by atoms with Crippen LogP contribution in [-0.2, 0) is 25.4 Å². The number of aromatic nitrogens is 2. The number of carbonyl (C=O) groups excluding carboxylic acids is 1. The molecular formula is C22H28N4O3. The summed E-state index contributed by atoms with van der Waals surface area (Å²) in [6, 6.07) is 8.34. The Morgan fingerprint density at radius 2 is 1.72 bits per heavy atom. The topological polar surface area (TPSA) is 67.5 Å². The van der Waals surface area contributed by atoms with Gasteiger partial charge in [0.15, 0.2) is 0 Å². The number of amides is 1. The molecule has 3 rings (SSSR count). The Morgan fingerprint density at radius 1 is 1.07 bits per heavy atom. The van der Waals surface area contributed by atoms with Crippen LogP contribution in [0.4, 0.5) is 5.69 Å². The van der Waals surface area contributed by atoms with Gasteiger partial charge in [-0.1, -0.05) is 12.1 Å². The fourth-order valence-electron chi connectivity index (χ4n) is 3.55. The Bertz CT molecular complexity index is 1010. The second-order valence-electron chi connectivity index (χ2n) is 7.58. The number of hydrogen-bond acceptors (Lipinski definition) is 4. The van der Waals surface area contributed by atoms with E-state index in [4.69, 9.17) is 0 Å². The summed E-state index contributed by atoms with van der Waals surface area (Å²) in [6.07, 6.45) is 8.05. The molecule has 0 atom stereocenters. The van der Waals surface area contributed by atoms with E-state index in [0.29, 0.717) is 12.1 Å². The molecule has 1 aromatic heterocycles. The Kier molecular flexibility index (Phi) is 6.36. The lowest BCUT2D eigenvalue weighted by molar-refractivity contribution is -0.125. The minimum absolute atomic E-state index is 0.207. The van der Waals surface area contributed by atoms with E-state index in [-0.39, 0.29) is 5.91 Å². The van der Waals surface area contributed by atoms with Gasteiger partial charge in [-0.2, -0.15) is 0 Å². The van der Waals surface area contributed by atoms with Crippen molar-refractivity contribution < 1.29 is 4.79 Å². The molecule has 0 aliphatic carbocycles. The predicted octanol–water partition coefficient (Wildman–Crippen LogP) is 1.75. The maximum absolute atomic E-state index is 12.4. The first-order valence-electron chi connectivity index (χ1n) is 9.90. The molecule has 1 saturated heterocycles. The van der Waals surface area contributed by atoms with Crippen molar-refractivity contribution in [2.45, 2.75) is 25.8 Å². The fourth-order valence-corrected chi connectivity index (χ4v) is 3.55. The van der Waals surface area contributed by atoms with Crippen LogP contribution in [0.15, 0.2) is 46.1 Å². The van der Waals surface area contributed by atoms with Crippen molar-refractivity contribution in [2.75, 3.05) is 25.0 Å². The highest BCUT2D eigenvalue weighted by atomic mass is 16.2. The van der Waals surface area contributed by atoms with Crippen LogP contribution in [0.25, 0.3) is 6.08 Å². The van der Waals surface area contributed by atoms with Crippen LogP contribution in [-0.4, -0.2) is 40.1 Å². The van der Waals surface area contributed by atoms with Gasteiger partial charge < -0.3 is 14.4 Å². The number of aryl methyl sites for hydroxylation is 1. The molecule has 1 aromatic carbocycles. The first-order chi connectivity index (χ1) is 13.9. The van der Waals surface area contributed by atoms with Crippen LogP contribution < -0.4 is 16.1 Å². The SMILES string of the molecule is CN(Cc1ccc(N2CCCCC2)cc1)C(=O)/C=C/c1cn(C)c(=O)n(C)c1=O. The van der Waals surface area contributed by atoms with Gasteiger partial charge in [0, 0.05) is 58.7 Å². The molecule has 7 heteroatoms. The molecular weight excluding hydrogens is 368 g/mol. The molecule has 1 amide bonds. The van der Waals surface area contributed by atoms with Crippen LogP contribution in [0.1, 0.15) is 30.4 Å². The summed E-state index contributed by atoms with van der Waals surface area (Å²) < 4.78 is 2.34. The molecule has 1 fully saturated rings. The molecule has 0 radical (unpaired) electrons. The van der Waals surface area contributed by atoms with Crippen molar-refractivity contribution in [1.82, 2.24) is 14.0 Å². The standard InChI is InChI=1S/C22H28N4O3/c1-23(15-17-7-10-19(11-8-17)26-13-5-4-6-14-26)20(27)12-9-18-16-24(2)22(29)25(3)21(18)28/h7-12,16H,4-6,13-15H2,1-3H3/b12-9+. The average molecular weight is 396 g/mol. The van der Waals surface area contributed by atoms with Crippen LogP contribution in [0.2, 0.25) is 0 Å². The predicted molar refractivity (Wildman–Crippen MR) is 115 cm³/mol. The molecule has 1 aliphatic rings. The van der Waals surface area contributed by atoms with E-state index in [1.165, 1.54) is 54.9 Å². The highest BCUT2D eigenvalue weighted by Crippen LogP contribution is 2.20. The van der Waals surface area contributed by atoms with Crippen molar-refractivity contribution in [3.8, 4) is 0 Å². The van der Waals surface area contributed by atoms with E-state index >= 15 is 0 Å². The third kappa shape index (κ3) is 4.85. The smallest absolute Gasteiger partial charge is 0.330 e. The molecule has 29 heavy (non-hydrogen) atoms. The van der Waals surface area contributed by atoms with Gasteiger partial charge in [-0.15, -0.1) is 0 Å². The average Bonchev–Trinajstić information content (AvgIpc) is 2.74. The van der Waals surface area contributed by atoms with Crippen molar-refractivity contribution >= 4 is 17.7 Å². The number of hydrogen-bond donors (Lipinski definition) is 0. The lowest BCUT2D eigenvalue weighted by atomic mass is 10.1. The van der Waals surface area contributed by atoms with E-state index in [9.17, 15) is 14.4 Å². The third-order valence-electron chi connectivity index (χ3n) is 5.33. The van der Waals surface area contributed by atoms with E-state index in [2.05, 4.69) is 29.2 Å². The van der Waals surface area contributed by atoms with Gasteiger partial charge in [-0.25, -0.2) is 4.79 Å². The molecule has 0 saturated carbocycles. The molecule has 154 valence electrons. The third-order valence-corrected chi connectivity index (χ3v) is 5.33. The Labute approximate surface area is 170 Å². The fraction of sp³-hybridized carbons (Fsp3) is 0.409. The zero-order valence-corrected chi connectivity index (χ0v) is 17.3. The second-order valence-corrected chi connectivity index (χ2v) is 7.58. The Balaban J connectivity index is 1.64. The number of nitrogens with zero attached hydrogens (tertiary/aromatic N) is 4. The maximum atomic E-state index is 12.4. The van der Waals surface area contributed by atoms with E-state index < -0.39 is 11.2 Å². The van der Waals surface area contributed by atoms with Crippen molar-refractivity contribution in [1.29, 1.82) is 0 Å². The molecule has 0 unspecified atom stereocenters. The monoisotopic (exact) mass is 396 g/mol. The van der Waals surface area contributed by atoms with Crippen LogP contribution in [0.3, 0.4) is 0 Å². The second kappa shape index (κ2) is 8.94. The molecule has 0 N–H and O–H groups in total. The van der Waals surface area contributed by atoms with Crippen LogP contribution >= 0.6 is 0 Å². The van der Waals surface area contributed by atoms with E-state index in [1.54, 1.807) is 19.0 Å². The van der Waals surface area contributed by atoms with Gasteiger partial charge >= 0.3 is 5.69 Å². The zero-order valence-electron chi connectivity index (χ0n) is 17.3. The molecule has 7 nitrogen and oxygen atoms in total. The minimum Gasteiger partial charge on any atom is -0.372 e. The van der Waals surface area contributed by atoms with Gasteiger partial charge in [0.2, 0.25) is 5.91 Å². The maximum Gasteiger partial charge on any atom is 0.330 e. The number of carbonyl (C=O) groups is 1. The Hall–Kier alpha value is -3.09. The van der Waals surface area contributed by atoms with Crippen molar-refractivity contribution in [3.05, 3.63) is 68.5 Å². The van der Waals surface area contributed by atoms with Crippen molar-refractivity contribution in [2.24, 2.45) is 14.1 Å². The molecule has 1 aliphatic heterocycles.